The summed E-state index contributed by atoms with van der Waals surface area (Å²) in [6.07, 6.45) is 2.14. The second-order valence-electron chi connectivity index (χ2n) is 11.8. The molecule has 14 heteroatoms. The number of fused-ring (bicyclic) bond motifs is 3. The fourth-order valence-corrected chi connectivity index (χ4v) is 5.45. The Morgan fingerprint density at radius 1 is 0.558 bits per heavy atom. The second-order valence-corrected chi connectivity index (χ2v) is 11.8. The third-order valence-electron chi connectivity index (χ3n) is 8.18. The van der Waals surface area contributed by atoms with Crippen LogP contribution in [-0.4, -0.2) is 160 Å². The summed E-state index contributed by atoms with van der Waals surface area (Å²) in [5.74, 6) is -0.587. The number of nitrogens with zero attached hydrogens (tertiary/aromatic N) is 2. The molecule has 0 saturated carbocycles. The van der Waals surface area contributed by atoms with E-state index >= 15 is 0 Å². The van der Waals surface area contributed by atoms with Crippen LogP contribution >= 0.6 is 0 Å². The number of rotatable bonds is 29. The molecule has 0 fully saturated rings. The van der Waals surface area contributed by atoms with Gasteiger partial charge in [-0.05, 0) is 22.3 Å². The summed E-state index contributed by atoms with van der Waals surface area (Å²) in [7, 11) is 1.71. The van der Waals surface area contributed by atoms with Gasteiger partial charge in [0.25, 0.3) is 11.8 Å². The number of hydrogen-bond acceptors (Lipinski definition) is 12. The number of hydrogen-bond donors (Lipinski definition) is 0. The zero-order valence-electron chi connectivity index (χ0n) is 30.1. The quantitative estimate of drug-likeness (QED) is 0.0899. The highest BCUT2D eigenvalue weighted by molar-refractivity contribution is 6.12. The van der Waals surface area contributed by atoms with E-state index in [9.17, 15) is 14.4 Å². The average molecular weight is 729 g/mol. The van der Waals surface area contributed by atoms with Crippen molar-refractivity contribution in [2.75, 3.05) is 132 Å². The summed E-state index contributed by atoms with van der Waals surface area (Å²) in [6, 6.07) is 16.5. The van der Waals surface area contributed by atoms with E-state index in [0.717, 1.165) is 4.90 Å². The minimum absolute atomic E-state index is 0.0332. The molecule has 0 unspecified atom stereocenters. The average Bonchev–Trinajstić information content (AvgIpc) is 3.66. The summed E-state index contributed by atoms with van der Waals surface area (Å²) in [4.78, 5) is 38.1. The van der Waals surface area contributed by atoms with Crippen molar-refractivity contribution >= 4 is 17.9 Å². The van der Waals surface area contributed by atoms with Gasteiger partial charge in [-0.1, -0.05) is 48.5 Å². The van der Waals surface area contributed by atoms with Crippen molar-refractivity contribution in [3.63, 3.8) is 0 Å². The smallest absolute Gasteiger partial charge is 0.409 e. The molecule has 0 N–H and O–H groups in total. The third kappa shape index (κ3) is 14.4. The van der Waals surface area contributed by atoms with Crippen LogP contribution in [0.4, 0.5) is 4.79 Å². The molecule has 1 heterocycles. The maximum Gasteiger partial charge on any atom is 0.409 e. The number of carbonyl (C=O) groups excluding carboxylic acids is 3. The first-order valence-corrected chi connectivity index (χ1v) is 17.8. The monoisotopic (exact) mass is 728 g/mol. The molecule has 1 aliphatic carbocycles. The molecule has 1 aliphatic heterocycles. The molecule has 0 radical (unpaired) electrons. The van der Waals surface area contributed by atoms with Gasteiger partial charge in [0.05, 0.1) is 112 Å². The van der Waals surface area contributed by atoms with Crippen LogP contribution in [0.1, 0.15) is 17.0 Å². The maximum absolute atomic E-state index is 12.6. The molecule has 0 aromatic heterocycles. The molecule has 2 aromatic carbocycles. The van der Waals surface area contributed by atoms with E-state index in [1.54, 1.807) is 7.05 Å². The molecule has 2 aliphatic rings. The van der Waals surface area contributed by atoms with Crippen LogP contribution in [0.5, 0.6) is 0 Å². The number of benzene rings is 2. The van der Waals surface area contributed by atoms with Crippen LogP contribution in [0.15, 0.2) is 60.7 Å². The Morgan fingerprint density at radius 2 is 0.923 bits per heavy atom. The minimum atomic E-state index is -0.371. The van der Waals surface area contributed by atoms with Crippen LogP contribution in [-0.2, 0) is 52.2 Å². The normalized spacial score (nSPS) is 13.6. The van der Waals surface area contributed by atoms with Crippen molar-refractivity contribution in [2.45, 2.75) is 5.92 Å². The van der Waals surface area contributed by atoms with Crippen molar-refractivity contribution in [1.29, 1.82) is 0 Å². The molecule has 4 rings (SSSR count). The maximum atomic E-state index is 12.6. The van der Waals surface area contributed by atoms with Crippen molar-refractivity contribution in [1.82, 2.24) is 9.80 Å². The van der Waals surface area contributed by atoms with Gasteiger partial charge in [0, 0.05) is 31.7 Å². The SMILES string of the molecule is CN(CCOCCOCCOCCOCCOCCOCCOCCOCCN1C(=O)C=CC1=O)C(=O)OCC1c2ccccc2-c2ccccc21. The van der Waals surface area contributed by atoms with E-state index in [0.29, 0.717) is 112 Å². The Labute approximate surface area is 305 Å². The molecule has 52 heavy (non-hydrogen) atoms. The minimum Gasteiger partial charge on any atom is -0.448 e. The number of ether oxygens (including phenoxy) is 9. The number of likely N-dealkylation sites (N-methyl/N-ethyl adjacent to an activating group) is 1. The topological polar surface area (TPSA) is 141 Å². The standard InChI is InChI=1S/C38H52N2O12/c1-39(38(43)52-30-35-33-8-4-2-6-31(33)32-7-3-5-9-34(32)35)12-14-44-16-18-46-20-22-48-24-26-50-28-29-51-27-25-49-23-21-47-19-17-45-15-13-40-36(41)10-11-37(40)42/h2-11,35H,12-30H2,1H3. The summed E-state index contributed by atoms with van der Waals surface area (Å²) >= 11 is 0. The molecular weight excluding hydrogens is 676 g/mol. The molecule has 3 amide bonds. The molecule has 286 valence electrons. The first-order chi connectivity index (χ1) is 25.6. The summed E-state index contributed by atoms with van der Waals surface area (Å²) in [5.41, 5.74) is 4.78. The van der Waals surface area contributed by atoms with E-state index in [4.69, 9.17) is 42.6 Å². The summed E-state index contributed by atoms with van der Waals surface area (Å²) in [5, 5.41) is 0. The van der Waals surface area contributed by atoms with Gasteiger partial charge in [-0.2, -0.15) is 0 Å². The van der Waals surface area contributed by atoms with E-state index in [1.165, 1.54) is 39.3 Å². The highest BCUT2D eigenvalue weighted by Crippen LogP contribution is 2.44. The molecular formula is C38H52N2O12. The second kappa shape index (κ2) is 24.5. The number of carbonyl (C=O) groups is 3. The fourth-order valence-electron chi connectivity index (χ4n) is 5.45. The van der Waals surface area contributed by atoms with Gasteiger partial charge in [0.2, 0.25) is 0 Å². The first kappa shape index (κ1) is 41.0. The summed E-state index contributed by atoms with van der Waals surface area (Å²) < 4.78 is 49.5. The van der Waals surface area contributed by atoms with Gasteiger partial charge in [0.15, 0.2) is 0 Å². The van der Waals surface area contributed by atoms with Gasteiger partial charge >= 0.3 is 6.09 Å². The van der Waals surface area contributed by atoms with E-state index < -0.39 is 0 Å². The van der Waals surface area contributed by atoms with Crippen molar-refractivity contribution < 1.29 is 57.0 Å². The molecule has 0 bridgehead atoms. The largest absolute Gasteiger partial charge is 0.448 e. The Bertz CT molecular complexity index is 1330. The third-order valence-corrected chi connectivity index (χ3v) is 8.18. The van der Waals surface area contributed by atoms with Crippen molar-refractivity contribution in [2.24, 2.45) is 0 Å². The van der Waals surface area contributed by atoms with Crippen molar-refractivity contribution in [3.8, 4) is 11.1 Å². The Kier molecular flexibility index (Phi) is 19.3. The van der Waals surface area contributed by atoms with Crippen LogP contribution in [0.2, 0.25) is 0 Å². The Morgan fingerprint density at radius 3 is 1.35 bits per heavy atom. The van der Waals surface area contributed by atoms with Crippen LogP contribution in [0.25, 0.3) is 11.1 Å². The summed E-state index contributed by atoms with van der Waals surface area (Å²) in [6.45, 7) is 7.80. The molecule has 0 saturated heterocycles. The highest BCUT2D eigenvalue weighted by Gasteiger charge is 2.29. The zero-order chi connectivity index (χ0) is 36.6. The fraction of sp³-hybridized carbons (Fsp3) is 0.553. The van der Waals surface area contributed by atoms with Gasteiger partial charge in [-0.15, -0.1) is 0 Å². The molecule has 0 atom stereocenters. The van der Waals surface area contributed by atoms with E-state index in [1.807, 2.05) is 24.3 Å². The van der Waals surface area contributed by atoms with Crippen LogP contribution < -0.4 is 0 Å². The molecule has 0 spiro atoms. The van der Waals surface area contributed by atoms with Gasteiger partial charge in [-0.25, -0.2) is 4.79 Å². The van der Waals surface area contributed by atoms with Crippen molar-refractivity contribution in [3.05, 3.63) is 71.8 Å². The lowest BCUT2D eigenvalue weighted by atomic mass is 9.98. The van der Waals surface area contributed by atoms with Gasteiger partial charge in [0.1, 0.15) is 6.61 Å². The zero-order valence-corrected chi connectivity index (χ0v) is 30.1. The van der Waals surface area contributed by atoms with Gasteiger partial charge in [-0.3, -0.25) is 14.5 Å². The lowest BCUT2D eigenvalue weighted by Crippen LogP contribution is -2.33. The predicted molar refractivity (Wildman–Crippen MR) is 190 cm³/mol. The first-order valence-electron chi connectivity index (χ1n) is 17.8. The lowest BCUT2D eigenvalue weighted by molar-refractivity contribution is -0.137. The van der Waals surface area contributed by atoms with E-state index in [-0.39, 0.29) is 37.0 Å². The highest BCUT2D eigenvalue weighted by atomic mass is 16.6. The predicted octanol–water partition coefficient (Wildman–Crippen LogP) is 2.93. The van der Waals surface area contributed by atoms with Crippen LogP contribution in [0.3, 0.4) is 0 Å². The van der Waals surface area contributed by atoms with Crippen LogP contribution in [0, 0.1) is 0 Å². The lowest BCUT2D eigenvalue weighted by Gasteiger charge is -2.19. The van der Waals surface area contributed by atoms with Gasteiger partial charge < -0.3 is 47.5 Å². The number of imide groups is 1. The Hall–Kier alpha value is -3.73. The molecule has 14 nitrogen and oxygen atoms in total. The Balaban J connectivity index is 0.833. The van der Waals surface area contributed by atoms with E-state index in [2.05, 4.69) is 24.3 Å². The number of amides is 3. The molecule has 2 aromatic rings.